The maximum absolute atomic E-state index is 11.3. The Morgan fingerprint density at radius 3 is 2.62 bits per heavy atom. The number of sulfonamides is 1. The van der Waals surface area contributed by atoms with Crippen LogP contribution in [0.1, 0.15) is 10.5 Å². The molecule has 0 aliphatic carbocycles. The Balaban J connectivity index is 2.94. The smallest absolute Gasteiger partial charge is 0.288 e. The molecule has 0 spiro atoms. The largest absolute Gasteiger partial charge is 0.451 e. The van der Waals surface area contributed by atoms with Crippen LogP contribution in [-0.4, -0.2) is 36.9 Å². The second-order valence-electron chi connectivity index (χ2n) is 2.41. The molecule has 0 aliphatic rings. The van der Waals surface area contributed by atoms with E-state index >= 15 is 0 Å². The number of carbonyl (C=O) groups is 1. The van der Waals surface area contributed by atoms with Crippen LogP contribution in [0.4, 0.5) is 0 Å². The van der Waals surface area contributed by atoms with E-state index in [1.165, 1.54) is 0 Å². The Labute approximate surface area is 75.2 Å². The summed E-state index contributed by atoms with van der Waals surface area (Å²) in [7, 11) is -2.37. The zero-order valence-corrected chi connectivity index (χ0v) is 7.91. The predicted octanol–water partition coefficient (Wildman–Crippen LogP) is -0.294. The van der Waals surface area contributed by atoms with Crippen LogP contribution >= 0.6 is 0 Å². The monoisotopic (exact) mass is 204 g/mol. The summed E-state index contributed by atoms with van der Waals surface area (Å²) in [5.41, 5.74) is -0.0343. The quantitative estimate of drug-likeness (QED) is 0.661. The van der Waals surface area contributed by atoms with Crippen LogP contribution in [0.2, 0.25) is 0 Å². The molecule has 1 rings (SSSR count). The molecular formula is C6H8N2O4S. The average molecular weight is 204 g/mol. The van der Waals surface area contributed by atoms with Crippen LogP contribution in [-0.2, 0) is 10.0 Å². The molecule has 0 N–H and O–H groups in total. The van der Waals surface area contributed by atoms with Gasteiger partial charge in [-0.3, -0.25) is 4.79 Å². The molecule has 0 aliphatic heterocycles. The van der Waals surface area contributed by atoms with Crippen molar-refractivity contribution >= 4 is 15.9 Å². The van der Waals surface area contributed by atoms with Gasteiger partial charge in [-0.1, -0.05) is 0 Å². The topological polar surface area (TPSA) is 80.5 Å². The van der Waals surface area contributed by atoms with Crippen molar-refractivity contribution in [1.29, 1.82) is 0 Å². The summed E-state index contributed by atoms with van der Waals surface area (Å²) in [6, 6.07) is 0. The van der Waals surface area contributed by atoms with Crippen LogP contribution in [0.3, 0.4) is 0 Å². The molecule has 0 fully saturated rings. The summed E-state index contributed by atoms with van der Waals surface area (Å²) in [5, 5.41) is 0. The van der Waals surface area contributed by atoms with Gasteiger partial charge in [-0.05, 0) is 0 Å². The molecule has 0 aromatic carbocycles. The summed E-state index contributed by atoms with van der Waals surface area (Å²) >= 11 is 0. The van der Waals surface area contributed by atoms with E-state index in [2.05, 4.69) is 9.40 Å². The van der Waals surface area contributed by atoms with E-state index < -0.39 is 15.9 Å². The van der Waals surface area contributed by atoms with Crippen LogP contribution < -0.4 is 0 Å². The first kappa shape index (κ1) is 9.72. The highest BCUT2D eigenvalue weighted by Crippen LogP contribution is 2.03. The fourth-order valence-corrected chi connectivity index (χ4v) is 1.02. The lowest BCUT2D eigenvalue weighted by atomic mass is 10.5. The third-order valence-corrected chi connectivity index (χ3v) is 2.60. The van der Waals surface area contributed by atoms with Crippen molar-refractivity contribution in [2.45, 2.75) is 0 Å². The lowest BCUT2D eigenvalue weighted by molar-refractivity contribution is 0.0878. The van der Waals surface area contributed by atoms with Crippen LogP contribution in [0.25, 0.3) is 0 Å². The van der Waals surface area contributed by atoms with Gasteiger partial charge in [0.05, 0.1) is 6.26 Å². The minimum Gasteiger partial charge on any atom is -0.451 e. The van der Waals surface area contributed by atoms with Crippen molar-refractivity contribution in [2.24, 2.45) is 0 Å². The van der Waals surface area contributed by atoms with E-state index in [0.29, 0.717) is 4.31 Å². The molecule has 0 radical (unpaired) electrons. The van der Waals surface area contributed by atoms with E-state index in [1.807, 2.05) is 0 Å². The lowest BCUT2D eigenvalue weighted by Gasteiger charge is -2.11. The van der Waals surface area contributed by atoms with Gasteiger partial charge in [-0.25, -0.2) is 17.7 Å². The van der Waals surface area contributed by atoms with Crippen molar-refractivity contribution < 1.29 is 17.6 Å². The van der Waals surface area contributed by atoms with Crippen molar-refractivity contribution in [1.82, 2.24) is 9.29 Å². The number of aromatic nitrogens is 1. The van der Waals surface area contributed by atoms with Gasteiger partial charge in [0.2, 0.25) is 10.0 Å². The molecule has 1 heterocycles. The van der Waals surface area contributed by atoms with E-state index in [0.717, 1.165) is 26.0 Å². The summed E-state index contributed by atoms with van der Waals surface area (Å²) in [4.78, 5) is 14.8. The van der Waals surface area contributed by atoms with Gasteiger partial charge in [0, 0.05) is 7.05 Å². The van der Waals surface area contributed by atoms with Gasteiger partial charge in [0.1, 0.15) is 6.26 Å². The van der Waals surface area contributed by atoms with Crippen LogP contribution in [0.15, 0.2) is 17.1 Å². The highest BCUT2D eigenvalue weighted by molar-refractivity contribution is 7.88. The van der Waals surface area contributed by atoms with Crippen molar-refractivity contribution in [2.75, 3.05) is 13.3 Å². The van der Waals surface area contributed by atoms with Gasteiger partial charge in [0.25, 0.3) is 5.91 Å². The molecule has 1 aromatic rings. The van der Waals surface area contributed by atoms with Gasteiger partial charge < -0.3 is 4.42 Å². The Bertz CT molecular complexity index is 394. The van der Waals surface area contributed by atoms with Crippen molar-refractivity contribution in [3.05, 3.63) is 18.4 Å². The number of nitrogens with zero attached hydrogens (tertiary/aromatic N) is 2. The highest BCUT2D eigenvalue weighted by atomic mass is 32.2. The summed E-state index contributed by atoms with van der Waals surface area (Å²) < 4.78 is 27.0. The van der Waals surface area contributed by atoms with E-state index in [-0.39, 0.29) is 5.69 Å². The average Bonchev–Trinajstić information content (AvgIpc) is 2.51. The number of hydrogen-bond donors (Lipinski definition) is 0. The van der Waals surface area contributed by atoms with Gasteiger partial charge in [-0.15, -0.1) is 0 Å². The number of oxazole rings is 1. The van der Waals surface area contributed by atoms with Crippen molar-refractivity contribution in [3.8, 4) is 0 Å². The molecule has 0 atom stereocenters. The Morgan fingerprint density at radius 1 is 1.62 bits per heavy atom. The second kappa shape index (κ2) is 3.17. The lowest BCUT2D eigenvalue weighted by Crippen LogP contribution is -2.32. The van der Waals surface area contributed by atoms with Crippen LogP contribution in [0, 0.1) is 0 Å². The maximum atomic E-state index is 11.3. The first-order valence-corrected chi connectivity index (χ1v) is 5.14. The highest BCUT2D eigenvalue weighted by Gasteiger charge is 2.21. The van der Waals surface area contributed by atoms with E-state index in [1.54, 1.807) is 0 Å². The van der Waals surface area contributed by atoms with Gasteiger partial charge in [0.15, 0.2) is 12.1 Å². The standard InChI is InChI=1S/C6H8N2O4S/c1-8(13(2,10)11)6(9)5-3-12-4-7-5/h3-4H,1-2H3. The first-order chi connectivity index (χ1) is 5.93. The molecule has 0 bridgehead atoms. The fraction of sp³-hybridized carbons (Fsp3) is 0.333. The van der Waals surface area contributed by atoms with Gasteiger partial charge in [-0.2, -0.15) is 0 Å². The minimum atomic E-state index is -3.53. The molecule has 0 saturated carbocycles. The Hall–Kier alpha value is -1.37. The maximum Gasteiger partial charge on any atom is 0.288 e. The number of carbonyl (C=O) groups excluding carboxylic acids is 1. The summed E-state index contributed by atoms with van der Waals surface area (Å²) in [6.07, 6.45) is 3.08. The Morgan fingerprint density at radius 2 is 2.23 bits per heavy atom. The van der Waals surface area contributed by atoms with Gasteiger partial charge >= 0.3 is 0 Å². The SMILES string of the molecule is CN(C(=O)c1cocn1)S(C)(=O)=O. The minimum absolute atomic E-state index is 0.0343. The summed E-state index contributed by atoms with van der Waals surface area (Å²) in [5.74, 6) is -0.712. The fourth-order valence-electron chi connectivity index (χ4n) is 0.630. The molecule has 7 heteroatoms. The van der Waals surface area contributed by atoms with E-state index in [4.69, 9.17) is 0 Å². The predicted molar refractivity (Wildman–Crippen MR) is 43.4 cm³/mol. The van der Waals surface area contributed by atoms with Crippen molar-refractivity contribution in [3.63, 3.8) is 0 Å². The molecule has 72 valence electrons. The third kappa shape index (κ3) is 2.05. The molecule has 1 aromatic heterocycles. The molecule has 6 nitrogen and oxygen atoms in total. The Kier molecular flexibility index (Phi) is 2.37. The van der Waals surface area contributed by atoms with Crippen LogP contribution in [0.5, 0.6) is 0 Å². The molecule has 13 heavy (non-hydrogen) atoms. The molecule has 0 unspecified atom stereocenters. The molecular weight excluding hydrogens is 196 g/mol. The third-order valence-electron chi connectivity index (χ3n) is 1.43. The normalized spacial score (nSPS) is 11.2. The first-order valence-electron chi connectivity index (χ1n) is 3.29. The molecule has 1 amide bonds. The number of amides is 1. The second-order valence-corrected chi connectivity index (χ2v) is 4.42. The molecule has 0 saturated heterocycles. The summed E-state index contributed by atoms with van der Waals surface area (Å²) in [6.45, 7) is 0. The zero-order chi connectivity index (χ0) is 10.1. The number of rotatable bonds is 2. The number of hydrogen-bond acceptors (Lipinski definition) is 5. The zero-order valence-electron chi connectivity index (χ0n) is 7.09. The van der Waals surface area contributed by atoms with E-state index in [9.17, 15) is 13.2 Å².